The van der Waals surface area contributed by atoms with E-state index in [1.165, 1.54) is 34.0 Å². The average Bonchev–Trinajstić information content (AvgIpc) is 3.32. The summed E-state index contributed by atoms with van der Waals surface area (Å²) in [6.45, 7) is 6.95. The molecule has 2 aromatic rings. The number of piperidine rings is 1. The van der Waals surface area contributed by atoms with Crippen LogP contribution >= 0.6 is 23.1 Å². The monoisotopic (exact) mass is 493 g/mol. The highest BCUT2D eigenvalue weighted by Gasteiger charge is 2.31. The average molecular weight is 494 g/mol. The summed E-state index contributed by atoms with van der Waals surface area (Å²) in [5, 5.41) is 4.57. The molecule has 0 unspecified atom stereocenters. The zero-order chi connectivity index (χ0) is 22.6. The second-order valence-corrected chi connectivity index (χ2v) is 12.6. The summed E-state index contributed by atoms with van der Waals surface area (Å²) >= 11 is 2.93. The molecule has 2 saturated heterocycles. The molecule has 2 aliphatic rings. The SMILES string of the molecule is CC1CCN(Cc2ccc(CNC(=O)c3sccc3S(=O)(=O)N3CCSCC3)cc2)CC1. The number of amides is 1. The molecule has 1 N–H and O–H groups in total. The predicted molar refractivity (Wildman–Crippen MR) is 132 cm³/mol. The summed E-state index contributed by atoms with van der Waals surface area (Å²) in [7, 11) is -3.64. The zero-order valence-electron chi connectivity index (χ0n) is 18.5. The number of carbonyl (C=O) groups excluding carboxylic acids is 1. The van der Waals surface area contributed by atoms with Gasteiger partial charge in [0.15, 0.2) is 0 Å². The maximum Gasteiger partial charge on any atom is 0.263 e. The Balaban J connectivity index is 1.34. The van der Waals surface area contributed by atoms with Crippen LogP contribution < -0.4 is 5.32 Å². The summed E-state index contributed by atoms with van der Waals surface area (Å²) in [5.41, 5.74) is 2.28. The number of benzene rings is 1. The van der Waals surface area contributed by atoms with Gasteiger partial charge in [0.2, 0.25) is 10.0 Å². The van der Waals surface area contributed by atoms with E-state index in [1.54, 1.807) is 23.2 Å². The standard InChI is InChI=1S/C23H31N3O3S3/c1-18-6-9-25(10-7-18)17-20-4-2-19(3-5-20)16-24-23(27)22-21(8-13-31-22)32(28,29)26-11-14-30-15-12-26/h2-5,8,13,18H,6-7,9-12,14-17H2,1H3,(H,24,27). The molecule has 0 atom stereocenters. The van der Waals surface area contributed by atoms with Crippen LogP contribution in [0, 0.1) is 5.92 Å². The number of thioether (sulfide) groups is 1. The van der Waals surface area contributed by atoms with Crippen LogP contribution in [-0.2, 0) is 23.1 Å². The highest BCUT2D eigenvalue weighted by molar-refractivity contribution is 7.99. The Hall–Kier alpha value is -1.39. The van der Waals surface area contributed by atoms with Gasteiger partial charge in [0.25, 0.3) is 5.91 Å². The van der Waals surface area contributed by atoms with Crippen LogP contribution in [0.15, 0.2) is 40.6 Å². The molecule has 6 nitrogen and oxygen atoms in total. The maximum atomic E-state index is 13.0. The van der Waals surface area contributed by atoms with E-state index in [0.717, 1.165) is 42.6 Å². The maximum absolute atomic E-state index is 13.0. The summed E-state index contributed by atoms with van der Waals surface area (Å²) in [6.07, 6.45) is 2.53. The van der Waals surface area contributed by atoms with Gasteiger partial charge in [-0.3, -0.25) is 9.69 Å². The molecule has 174 valence electrons. The van der Waals surface area contributed by atoms with E-state index in [1.807, 2.05) is 12.1 Å². The highest BCUT2D eigenvalue weighted by atomic mass is 32.2. The Morgan fingerprint density at radius 1 is 1.03 bits per heavy atom. The lowest BCUT2D eigenvalue weighted by Crippen LogP contribution is -2.38. The molecule has 1 aromatic carbocycles. The van der Waals surface area contributed by atoms with E-state index in [0.29, 0.717) is 19.6 Å². The minimum Gasteiger partial charge on any atom is -0.347 e. The van der Waals surface area contributed by atoms with E-state index in [9.17, 15) is 13.2 Å². The van der Waals surface area contributed by atoms with Crippen molar-refractivity contribution in [1.29, 1.82) is 0 Å². The van der Waals surface area contributed by atoms with Gasteiger partial charge in [-0.25, -0.2) is 8.42 Å². The van der Waals surface area contributed by atoms with Crippen molar-refractivity contribution in [2.45, 2.75) is 37.8 Å². The van der Waals surface area contributed by atoms with Crippen LogP contribution in [0.2, 0.25) is 0 Å². The lowest BCUT2D eigenvalue weighted by Gasteiger charge is -2.30. The summed E-state index contributed by atoms with van der Waals surface area (Å²) in [5.74, 6) is 2.07. The Morgan fingerprint density at radius 3 is 2.38 bits per heavy atom. The van der Waals surface area contributed by atoms with Gasteiger partial charge in [-0.1, -0.05) is 31.2 Å². The number of rotatable bonds is 7. The fraction of sp³-hybridized carbons (Fsp3) is 0.522. The number of hydrogen-bond donors (Lipinski definition) is 1. The second-order valence-electron chi connectivity index (χ2n) is 8.59. The van der Waals surface area contributed by atoms with E-state index in [2.05, 4.69) is 29.3 Å². The van der Waals surface area contributed by atoms with Crippen molar-refractivity contribution in [3.05, 3.63) is 51.7 Å². The van der Waals surface area contributed by atoms with Crippen LogP contribution in [0.5, 0.6) is 0 Å². The second kappa shape index (κ2) is 10.7. The van der Waals surface area contributed by atoms with Crippen LogP contribution in [0.4, 0.5) is 0 Å². The Bertz CT molecular complexity index is 1010. The molecule has 0 saturated carbocycles. The third-order valence-corrected chi connectivity index (χ3v) is 10.1. The normalized spacial score (nSPS) is 19.2. The van der Waals surface area contributed by atoms with Crippen molar-refractivity contribution < 1.29 is 13.2 Å². The molecule has 2 aliphatic heterocycles. The number of hydrogen-bond acceptors (Lipinski definition) is 6. The number of nitrogens with one attached hydrogen (secondary N) is 1. The molecule has 0 bridgehead atoms. The predicted octanol–water partition coefficient (Wildman–Crippen LogP) is 3.65. The molecule has 1 amide bonds. The van der Waals surface area contributed by atoms with Crippen molar-refractivity contribution in [1.82, 2.24) is 14.5 Å². The van der Waals surface area contributed by atoms with E-state index in [4.69, 9.17) is 0 Å². The molecule has 0 radical (unpaired) electrons. The minimum absolute atomic E-state index is 0.123. The van der Waals surface area contributed by atoms with Gasteiger partial charge in [0, 0.05) is 37.7 Å². The first-order chi connectivity index (χ1) is 15.4. The largest absolute Gasteiger partial charge is 0.347 e. The first kappa shape index (κ1) is 23.8. The van der Waals surface area contributed by atoms with Crippen LogP contribution in [0.1, 0.15) is 40.6 Å². The van der Waals surface area contributed by atoms with Crippen LogP contribution in [0.3, 0.4) is 0 Å². The smallest absolute Gasteiger partial charge is 0.263 e. The number of thiophene rings is 1. The molecule has 3 heterocycles. The van der Waals surface area contributed by atoms with Gasteiger partial charge >= 0.3 is 0 Å². The highest BCUT2D eigenvalue weighted by Crippen LogP contribution is 2.27. The van der Waals surface area contributed by atoms with Crippen molar-refractivity contribution in [2.24, 2.45) is 5.92 Å². The Labute approximate surface area is 199 Å². The van der Waals surface area contributed by atoms with Gasteiger partial charge in [0.1, 0.15) is 9.77 Å². The van der Waals surface area contributed by atoms with E-state index >= 15 is 0 Å². The molecule has 2 fully saturated rings. The summed E-state index contributed by atoms with van der Waals surface area (Å²) in [4.78, 5) is 15.7. The Kier molecular flexibility index (Phi) is 7.94. The van der Waals surface area contributed by atoms with Gasteiger partial charge in [0.05, 0.1) is 0 Å². The van der Waals surface area contributed by atoms with Crippen molar-refractivity contribution in [3.63, 3.8) is 0 Å². The lowest BCUT2D eigenvalue weighted by molar-refractivity contribution is 0.0952. The summed E-state index contributed by atoms with van der Waals surface area (Å²) < 4.78 is 27.5. The number of sulfonamides is 1. The van der Waals surface area contributed by atoms with Gasteiger partial charge in [-0.15, -0.1) is 11.3 Å². The van der Waals surface area contributed by atoms with E-state index < -0.39 is 10.0 Å². The number of nitrogens with zero attached hydrogens (tertiary/aromatic N) is 2. The number of likely N-dealkylation sites (tertiary alicyclic amines) is 1. The van der Waals surface area contributed by atoms with Crippen molar-refractivity contribution in [2.75, 3.05) is 37.7 Å². The molecule has 0 spiro atoms. The lowest BCUT2D eigenvalue weighted by atomic mass is 9.99. The van der Waals surface area contributed by atoms with Gasteiger partial charge in [-0.2, -0.15) is 16.1 Å². The third-order valence-electron chi connectivity index (χ3n) is 6.18. The first-order valence-electron chi connectivity index (χ1n) is 11.2. The molecule has 0 aliphatic carbocycles. The summed E-state index contributed by atoms with van der Waals surface area (Å²) in [6, 6.07) is 9.87. The molecular weight excluding hydrogens is 462 g/mol. The molecule has 32 heavy (non-hydrogen) atoms. The first-order valence-corrected chi connectivity index (χ1v) is 14.6. The number of carbonyl (C=O) groups is 1. The Morgan fingerprint density at radius 2 is 1.69 bits per heavy atom. The minimum atomic E-state index is -3.64. The fourth-order valence-electron chi connectivity index (χ4n) is 4.10. The van der Waals surface area contributed by atoms with Crippen molar-refractivity contribution in [3.8, 4) is 0 Å². The molecular formula is C23H31N3O3S3. The molecule has 4 rings (SSSR count). The fourth-order valence-corrected chi connectivity index (χ4v) is 7.99. The van der Waals surface area contributed by atoms with Crippen LogP contribution in [0.25, 0.3) is 0 Å². The topological polar surface area (TPSA) is 69.7 Å². The third kappa shape index (κ3) is 5.75. The quantitative estimate of drug-likeness (QED) is 0.638. The van der Waals surface area contributed by atoms with E-state index in [-0.39, 0.29) is 15.7 Å². The molecule has 1 aromatic heterocycles. The van der Waals surface area contributed by atoms with Crippen LogP contribution in [-0.4, -0.2) is 61.2 Å². The molecule has 9 heteroatoms. The van der Waals surface area contributed by atoms with Gasteiger partial charge in [-0.05, 0) is 54.4 Å². The van der Waals surface area contributed by atoms with Gasteiger partial charge < -0.3 is 5.32 Å². The van der Waals surface area contributed by atoms with Crippen molar-refractivity contribution >= 4 is 39.0 Å². The zero-order valence-corrected chi connectivity index (χ0v) is 20.9.